The van der Waals surface area contributed by atoms with Gasteiger partial charge in [0.25, 0.3) is 0 Å². The SMILES string of the molecule is CC(C)(C)CCC(C)(O)c1cccnc1. The first-order valence-corrected chi connectivity index (χ1v) is 5.44. The second kappa shape index (κ2) is 4.31. The zero-order valence-electron chi connectivity index (χ0n) is 10.1. The van der Waals surface area contributed by atoms with Crippen molar-refractivity contribution in [1.29, 1.82) is 0 Å². The molecule has 1 atom stereocenters. The second-order valence-electron chi connectivity index (χ2n) is 5.58. The number of nitrogens with zero attached hydrogens (tertiary/aromatic N) is 1. The van der Waals surface area contributed by atoms with E-state index in [9.17, 15) is 5.11 Å². The zero-order valence-corrected chi connectivity index (χ0v) is 10.1. The van der Waals surface area contributed by atoms with Gasteiger partial charge in [-0.1, -0.05) is 26.8 Å². The molecule has 0 spiro atoms. The highest BCUT2D eigenvalue weighted by Crippen LogP contribution is 2.31. The van der Waals surface area contributed by atoms with E-state index in [2.05, 4.69) is 25.8 Å². The number of hydrogen-bond acceptors (Lipinski definition) is 2. The van der Waals surface area contributed by atoms with Crippen LogP contribution in [0.3, 0.4) is 0 Å². The quantitative estimate of drug-likeness (QED) is 0.826. The third-order valence-corrected chi connectivity index (χ3v) is 2.65. The van der Waals surface area contributed by atoms with Crippen LogP contribution in [0.25, 0.3) is 0 Å². The summed E-state index contributed by atoms with van der Waals surface area (Å²) >= 11 is 0. The minimum Gasteiger partial charge on any atom is -0.385 e. The Bertz CT molecular complexity index is 298. The molecule has 0 aliphatic heterocycles. The minimum atomic E-state index is -0.762. The molecule has 1 aromatic heterocycles. The Hall–Kier alpha value is -0.890. The second-order valence-corrected chi connectivity index (χ2v) is 5.58. The number of hydrogen-bond donors (Lipinski definition) is 1. The van der Waals surface area contributed by atoms with Crippen LogP contribution in [0.4, 0.5) is 0 Å². The van der Waals surface area contributed by atoms with Gasteiger partial charge in [0.2, 0.25) is 0 Å². The van der Waals surface area contributed by atoms with Crippen molar-refractivity contribution in [2.24, 2.45) is 5.41 Å². The normalized spacial score (nSPS) is 16.1. The molecule has 0 aliphatic carbocycles. The van der Waals surface area contributed by atoms with Gasteiger partial charge >= 0.3 is 0 Å². The van der Waals surface area contributed by atoms with E-state index in [-0.39, 0.29) is 5.41 Å². The molecule has 0 aromatic carbocycles. The van der Waals surface area contributed by atoms with E-state index >= 15 is 0 Å². The summed E-state index contributed by atoms with van der Waals surface area (Å²) in [5.74, 6) is 0. The van der Waals surface area contributed by atoms with E-state index in [0.717, 1.165) is 18.4 Å². The van der Waals surface area contributed by atoms with Gasteiger partial charge in [0.05, 0.1) is 5.60 Å². The molecule has 0 saturated heterocycles. The van der Waals surface area contributed by atoms with Crippen LogP contribution in [0.2, 0.25) is 0 Å². The fraction of sp³-hybridized carbons (Fsp3) is 0.615. The highest BCUT2D eigenvalue weighted by atomic mass is 16.3. The molecule has 1 aromatic rings. The summed E-state index contributed by atoms with van der Waals surface area (Å²) in [6.07, 6.45) is 5.23. The Morgan fingerprint density at radius 2 is 1.87 bits per heavy atom. The summed E-state index contributed by atoms with van der Waals surface area (Å²) in [4.78, 5) is 4.04. The molecule has 1 heterocycles. The maximum Gasteiger partial charge on any atom is 0.0883 e. The predicted octanol–water partition coefficient (Wildman–Crippen LogP) is 3.12. The minimum absolute atomic E-state index is 0.256. The standard InChI is InChI=1S/C13H21NO/c1-12(2,3)7-8-13(4,15)11-6-5-9-14-10-11/h5-6,9-10,15H,7-8H2,1-4H3. The molecule has 0 fully saturated rings. The smallest absolute Gasteiger partial charge is 0.0883 e. The zero-order chi connectivity index (χ0) is 11.5. The van der Waals surface area contributed by atoms with Gasteiger partial charge in [-0.3, -0.25) is 4.98 Å². The highest BCUT2D eigenvalue weighted by molar-refractivity contribution is 5.16. The Labute approximate surface area is 92.4 Å². The number of pyridine rings is 1. The van der Waals surface area contributed by atoms with Gasteiger partial charge in [0.1, 0.15) is 0 Å². The average molecular weight is 207 g/mol. The first-order chi connectivity index (χ1) is 6.81. The Morgan fingerprint density at radius 1 is 1.20 bits per heavy atom. The third kappa shape index (κ3) is 4.00. The summed E-state index contributed by atoms with van der Waals surface area (Å²) in [6, 6.07) is 3.79. The van der Waals surface area contributed by atoms with E-state index < -0.39 is 5.60 Å². The van der Waals surface area contributed by atoms with Gasteiger partial charge in [-0.2, -0.15) is 0 Å². The van der Waals surface area contributed by atoms with Crippen LogP contribution in [0.5, 0.6) is 0 Å². The maximum absolute atomic E-state index is 10.3. The van der Waals surface area contributed by atoms with Gasteiger partial charge < -0.3 is 5.11 Å². The van der Waals surface area contributed by atoms with Crippen LogP contribution in [0.1, 0.15) is 46.1 Å². The molecule has 1 rings (SSSR count). The number of aliphatic hydroxyl groups is 1. The summed E-state index contributed by atoms with van der Waals surface area (Å²) in [5, 5.41) is 10.3. The van der Waals surface area contributed by atoms with Crippen molar-refractivity contribution in [1.82, 2.24) is 4.98 Å². The average Bonchev–Trinajstić information content (AvgIpc) is 2.16. The van der Waals surface area contributed by atoms with Crippen LogP contribution < -0.4 is 0 Å². The predicted molar refractivity (Wildman–Crippen MR) is 62.5 cm³/mol. The van der Waals surface area contributed by atoms with Crippen molar-refractivity contribution in [2.45, 2.75) is 46.1 Å². The highest BCUT2D eigenvalue weighted by Gasteiger charge is 2.25. The van der Waals surface area contributed by atoms with Crippen LogP contribution in [-0.2, 0) is 5.60 Å². The van der Waals surface area contributed by atoms with Gasteiger partial charge in [-0.15, -0.1) is 0 Å². The van der Waals surface area contributed by atoms with E-state index in [1.165, 1.54) is 0 Å². The first-order valence-electron chi connectivity index (χ1n) is 5.44. The van der Waals surface area contributed by atoms with Crippen LogP contribution in [-0.4, -0.2) is 10.1 Å². The summed E-state index contributed by atoms with van der Waals surface area (Å²) in [6.45, 7) is 8.42. The molecule has 0 saturated carbocycles. The van der Waals surface area contributed by atoms with E-state index in [0.29, 0.717) is 0 Å². The molecule has 0 bridgehead atoms. The van der Waals surface area contributed by atoms with E-state index in [1.54, 1.807) is 12.4 Å². The monoisotopic (exact) mass is 207 g/mol. The molecule has 0 aliphatic rings. The maximum atomic E-state index is 10.3. The summed E-state index contributed by atoms with van der Waals surface area (Å²) in [7, 11) is 0. The van der Waals surface area contributed by atoms with Crippen LogP contribution in [0, 0.1) is 5.41 Å². The van der Waals surface area contributed by atoms with Crippen molar-refractivity contribution in [2.75, 3.05) is 0 Å². The van der Waals surface area contributed by atoms with Gasteiger partial charge in [0, 0.05) is 18.0 Å². The lowest BCUT2D eigenvalue weighted by molar-refractivity contribution is 0.0355. The molecular formula is C13H21NO. The summed E-state index contributed by atoms with van der Waals surface area (Å²) in [5.41, 5.74) is 0.391. The van der Waals surface area contributed by atoms with Gasteiger partial charge in [-0.25, -0.2) is 0 Å². The molecule has 1 N–H and O–H groups in total. The lowest BCUT2D eigenvalue weighted by Crippen LogP contribution is -2.23. The van der Waals surface area contributed by atoms with Gasteiger partial charge in [-0.05, 0) is 31.2 Å². The Morgan fingerprint density at radius 3 is 2.33 bits per heavy atom. The Kier molecular flexibility index (Phi) is 3.50. The van der Waals surface area contributed by atoms with Crippen molar-refractivity contribution in [3.05, 3.63) is 30.1 Å². The van der Waals surface area contributed by atoms with Crippen molar-refractivity contribution in [3.8, 4) is 0 Å². The van der Waals surface area contributed by atoms with Crippen molar-refractivity contribution in [3.63, 3.8) is 0 Å². The fourth-order valence-electron chi connectivity index (χ4n) is 1.44. The van der Waals surface area contributed by atoms with Gasteiger partial charge in [0.15, 0.2) is 0 Å². The number of rotatable bonds is 3. The van der Waals surface area contributed by atoms with E-state index in [1.807, 2.05) is 19.1 Å². The van der Waals surface area contributed by atoms with Crippen molar-refractivity contribution < 1.29 is 5.11 Å². The molecule has 15 heavy (non-hydrogen) atoms. The topological polar surface area (TPSA) is 33.1 Å². The fourth-order valence-corrected chi connectivity index (χ4v) is 1.44. The third-order valence-electron chi connectivity index (χ3n) is 2.65. The lowest BCUT2D eigenvalue weighted by Gasteiger charge is -2.27. The molecule has 0 radical (unpaired) electrons. The largest absolute Gasteiger partial charge is 0.385 e. The first kappa shape index (κ1) is 12.2. The summed E-state index contributed by atoms with van der Waals surface area (Å²) < 4.78 is 0. The van der Waals surface area contributed by atoms with Crippen LogP contribution in [0.15, 0.2) is 24.5 Å². The molecule has 1 unspecified atom stereocenters. The Balaban J connectivity index is 2.68. The molecular weight excluding hydrogens is 186 g/mol. The lowest BCUT2D eigenvalue weighted by atomic mass is 9.83. The van der Waals surface area contributed by atoms with Crippen molar-refractivity contribution >= 4 is 0 Å². The van der Waals surface area contributed by atoms with E-state index in [4.69, 9.17) is 0 Å². The molecule has 84 valence electrons. The molecule has 2 nitrogen and oxygen atoms in total. The molecule has 0 amide bonds. The molecule has 2 heteroatoms. The van der Waals surface area contributed by atoms with Crippen LogP contribution >= 0.6 is 0 Å². The number of aromatic nitrogens is 1.